The monoisotopic (exact) mass is 270 g/mol. The SMILES string of the molecule is CCn1c2ccccc2c(=O)c2oc(C(C)C)c(N)c21. The van der Waals surface area contributed by atoms with Gasteiger partial charge in [0.25, 0.3) is 0 Å². The normalized spacial score (nSPS) is 11.8. The zero-order chi connectivity index (χ0) is 14.4. The summed E-state index contributed by atoms with van der Waals surface area (Å²) >= 11 is 0. The number of anilines is 1. The van der Waals surface area contributed by atoms with Crippen LogP contribution in [0.1, 0.15) is 32.4 Å². The number of fused-ring (bicyclic) bond motifs is 2. The summed E-state index contributed by atoms with van der Waals surface area (Å²) in [6, 6.07) is 7.57. The average Bonchev–Trinajstić information content (AvgIpc) is 2.78. The van der Waals surface area contributed by atoms with Crippen LogP contribution < -0.4 is 11.2 Å². The van der Waals surface area contributed by atoms with Crippen molar-refractivity contribution < 1.29 is 4.42 Å². The Balaban J connectivity index is 2.61. The second-order valence-corrected chi connectivity index (χ2v) is 5.30. The van der Waals surface area contributed by atoms with Crippen LogP contribution in [-0.4, -0.2) is 4.57 Å². The van der Waals surface area contributed by atoms with Crippen molar-refractivity contribution in [2.75, 3.05) is 5.73 Å². The molecule has 0 aliphatic carbocycles. The summed E-state index contributed by atoms with van der Waals surface area (Å²) in [5, 5.41) is 0.672. The number of aryl methyl sites for hydroxylation is 1. The molecule has 0 unspecified atom stereocenters. The Morgan fingerprint density at radius 1 is 1.30 bits per heavy atom. The van der Waals surface area contributed by atoms with E-state index >= 15 is 0 Å². The number of rotatable bonds is 2. The van der Waals surface area contributed by atoms with Gasteiger partial charge in [-0.05, 0) is 19.1 Å². The Morgan fingerprint density at radius 3 is 2.65 bits per heavy atom. The largest absolute Gasteiger partial charge is 0.453 e. The average molecular weight is 270 g/mol. The number of aromatic nitrogens is 1. The molecule has 2 aromatic heterocycles. The van der Waals surface area contributed by atoms with E-state index < -0.39 is 0 Å². The van der Waals surface area contributed by atoms with Crippen molar-refractivity contribution in [3.05, 3.63) is 40.2 Å². The molecule has 0 fully saturated rings. The maximum Gasteiger partial charge on any atom is 0.232 e. The van der Waals surface area contributed by atoms with E-state index in [-0.39, 0.29) is 11.3 Å². The van der Waals surface area contributed by atoms with Crippen molar-refractivity contribution in [3.63, 3.8) is 0 Å². The lowest BCUT2D eigenvalue weighted by atomic mass is 10.1. The van der Waals surface area contributed by atoms with Crippen LogP contribution in [0, 0.1) is 0 Å². The van der Waals surface area contributed by atoms with Gasteiger partial charge < -0.3 is 14.7 Å². The fourth-order valence-electron chi connectivity index (χ4n) is 2.78. The highest BCUT2D eigenvalue weighted by atomic mass is 16.3. The molecule has 2 heterocycles. The molecule has 0 aliphatic rings. The first kappa shape index (κ1) is 12.8. The molecule has 0 aliphatic heterocycles. The third kappa shape index (κ3) is 1.57. The lowest BCUT2D eigenvalue weighted by Crippen LogP contribution is -2.10. The van der Waals surface area contributed by atoms with Gasteiger partial charge >= 0.3 is 0 Å². The van der Waals surface area contributed by atoms with E-state index in [1.54, 1.807) is 0 Å². The van der Waals surface area contributed by atoms with Crippen LogP contribution in [0.2, 0.25) is 0 Å². The van der Waals surface area contributed by atoms with Crippen molar-refractivity contribution in [3.8, 4) is 0 Å². The summed E-state index contributed by atoms with van der Waals surface area (Å²) in [6.45, 7) is 6.79. The molecule has 1 aromatic carbocycles. The van der Waals surface area contributed by atoms with Crippen molar-refractivity contribution in [2.24, 2.45) is 0 Å². The molecule has 0 atom stereocenters. The summed E-state index contributed by atoms with van der Waals surface area (Å²) in [6.07, 6.45) is 0. The molecular weight excluding hydrogens is 252 g/mol. The number of hydrogen-bond donors (Lipinski definition) is 1. The molecule has 0 radical (unpaired) electrons. The summed E-state index contributed by atoms with van der Waals surface area (Å²) in [5.41, 5.74) is 8.71. The highest BCUT2D eigenvalue weighted by molar-refractivity contribution is 5.97. The molecule has 0 amide bonds. The lowest BCUT2D eigenvalue weighted by molar-refractivity contribution is 0.522. The van der Waals surface area contributed by atoms with Gasteiger partial charge in [0.1, 0.15) is 11.3 Å². The summed E-state index contributed by atoms with van der Waals surface area (Å²) in [4.78, 5) is 12.6. The third-order valence-electron chi connectivity index (χ3n) is 3.70. The number of nitrogen functional groups attached to an aromatic ring is 1. The fourth-order valence-corrected chi connectivity index (χ4v) is 2.78. The predicted octanol–water partition coefficient (Wildman–Crippen LogP) is 3.47. The number of benzene rings is 1. The highest BCUT2D eigenvalue weighted by Gasteiger charge is 2.21. The topological polar surface area (TPSA) is 61.2 Å². The van der Waals surface area contributed by atoms with Gasteiger partial charge in [0.2, 0.25) is 11.0 Å². The minimum absolute atomic E-state index is 0.0844. The predicted molar refractivity (Wildman–Crippen MR) is 82.2 cm³/mol. The third-order valence-corrected chi connectivity index (χ3v) is 3.70. The molecule has 4 nitrogen and oxygen atoms in total. The number of hydrogen-bond acceptors (Lipinski definition) is 3. The van der Waals surface area contributed by atoms with Crippen molar-refractivity contribution in [2.45, 2.75) is 33.2 Å². The van der Waals surface area contributed by atoms with Crippen LogP contribution in [0.5, 0.6) is 0 Å². The number of pyridine rings is 1. The summed E-state index contributed by atoms with van der Waals surface area (Å²) in [7, 11) is 0. The molecule has 0 saturated heterocycles. The number of furan rings is 1. The first-order valence-electron chi connectivity index (χ1n) is 6.89. The summed E-state index contributed by atoms with van der Waals surface area (Å²) < 4.78 is 7.84. The van der Waals surface area contributed by atoms with Crippen LogP contribution >= 0.6 is 0 Å². The second-order valence-electron chi connectivity index (χ2n) is 5.30. The Bertz CT molecular complexity index is 856. The minimum atomic E-state index is -0.0844. The smallest absolute Gasteiger partial charge is 0.232 e. The molecular formula is C16H18N2O2. The molecule has 3 aromatic rings. The maximum absolute atomic E-state index is 12.6. The standard InChI is InChI=1S/C16H18N2O2/c1-4-18-11-8-6-5-7-10(11)14(19)16-13(18)12(17)15(20-16)9(2)3/h5-9H,4,17H2,1-3H3. The van der Waals surface area contributed by atoms with Gasteiger partial charge in [-0.2, -0.15) is 0 Å². The molecule has 2 N–H and O–H groups in total. The van der Waals surface area contributed by atoms with Gasteiger partial charge in [-0.15, -0.1) is 0 Å². The van der Waals surface area contributed by atoms with Crippen molar-refractivity contribution in [1.29, 1.82) is 0 Å². The van der Waals surface area contributed by atoms with Crippen LogP contribution in [0.3, 0.4) is 0 Å². The molecule has 3 rings (SSSR count). The molecule has 20 heavy (non-hydrogen) atoms. The fraction of sp³-hybridized carbons (Fsp3) is 0.312. The quantitative estimate of drug-likeness (QED) is 0.775. The van der Waals surface area contributed by atoms with Gasteiger partial charge in [0, 0.05) is 17.8 Å². The van der Waals surface area contributed by atoms with E-state index in [2.05, 4.69) is 4.57 Å². The molecule has 0 bridgehead atoms. The molecule has 4 heteroatoms. The minimum Gasteiger partial charge on any atom is -0.453 e. The molecule has 0 spiro atoms. The van der Waals surface area contributed by atoms with E-state index in [0.29, 0.717) is 22.4 Å². The van der Waals surface area contributed by atoms with E-state index in [4.69, 9.17) is 10.2 Å². The first-order valence-corrected chi connectivity index (χ1v) is 6.89. The molecule has 104 valence electrons. The zero-order valence-electron chi connectivity index (χ0n) is 11.9. The van der Waals surface area contributed by atoms with Crippen molar-refractivity contribution in [1.82, 2.24) is 4.57 Å². The van der Waals surface area contributed by atoms with Crippen LogP contribution in [-0.2, 0) is 6.54 Å². The zero-order valence-corrected chi connectivity index (χ0v) is 11.9. The van der Waals surface area contributed by atoms with Crippen LogP contribution in [0.25, 0.3) is 22.0 Å². The number of nitrogens with zero attached hydrogens (tertiary/aromatic N) is 1. The Morgan fingerprint density at radius 2 is 2.00 bits per heavy atom. The van der Waals surface area contributed by atoms with Crippen LogP contribution in [0.4, 0.5) is 5.69 Å². The Labute approximate surface area is 116 Å². The number of nitrogens with two attached hydrogens (primary N) is 1. The highest BCUT2D eigenvalue weighted by Crippen LogP contribution is 2.33. The molecule has 0 saturated carbocycles. The van der Waals surface area contributed by atoms with E-state index in [0.717, 1.165) is 17.6 Å². The second kappa shape index (κ2) is 4.40. The van der Waals surface area contributed by atoms with Crippen molar-refractivity contribution >= 4 is 27.7 Å². The Hall–Kier alpha value is -2.23. The summed E-state index contributed by atoms with van der Waals surface area (Å²) in [5.74, 6) is 0.838. The van der Waals surface area contributed by atoms with Gasteiger partial charge in [0.05, 0.1) is 11.2 Å². The van der Waals surface area contributed by atoms with Crippen LogP contribution in [0.15, 0.2) is 33.5 Å². The van der Waals surface area contributed by atoms with Gasteiger partial charge in [-0.25, -0.2) is 0 Å². The number of para-hydroxylation sites is 1. The first-order chi connectivity index (χ1) is 9.56. The van der Waals surface area contributed by atoms with E-state index in [1.165, 1.54) is 0 Å². The van der Waals surface area contributed by atoms with E-state index in [9.17, 15) is 4.79 Å². The van der Waals surface area contributed by atoms with E-state index in [1.807, 2.05) is 45.0 Å². The van der Waals surface area contributed by atoms with Gasteiger partial charge in [0.15, 0.2) is 0 Å². The Kier molecular flexibility index (Phi) is 2.82. The lowest BCUT2D eigenvalue weighted by Gasteiger charge is -2.10. The van der Waals surface area contributed by atoms with Gasteiger partial charge in [-0.3, -0.25) is 4.79 Å². The van der Waals surface area contributed by atoms with Gasteiger partial charge in [-0.1, -0.05) is 26.0 Å². The maximum atomic E-state index is 12.6.